The minimum Gasteiger partial charge on any atom is -0.497 e. The Morgan fingerprint density at radius 1 is 1.29 bits per heavy atom. The highest BCUT2D eigenvalue weighted by molar-refractivity contribution is 5.84. The average Bonchev–Trinajstić information content (AvgIpc) is 3.04. The maximum Gasteiger partial charge on any atom is 0.119 e. The lowest BCUT2D eigenvalue weighted by atomic mass is 10.1. The molecule has 24 heavy (non-hydrogen) atoms. The summed E-state index contributed by atoms with van der Waals surface area (Å²) in [7, 11) is 1.65. The van der Waals surface area contributed by atoms with Gasteiger partial charge in [-0.25, -0.2) is 0 Å². The molecule has 0 bridgehead atoms. The summed E-state index contributed by atoms with van der Waals surface area (Å²) in [5, 5.41) is 16.4. The van der Waals surface area contributed by atoms with Gasteiger partial charge in [0.05, 0.1) is 18.4 Å². The van der Waals surface area contributed by atoms with Crippen LogP contribution in [0.15, 0.2) is 47.8 Å². The monoisotopic (exact) mass is 320 g/mol. The SMILES string of the molecule is COc1ccc2[nH]cc(CCNc3ccc(N=O)cc3C#N)c2c1. The van der Waals surface area contributed by atoms with Crippen molar-refractivity contribution in [1.82, 2.24) is 4.98 Å². The van der Waals surface area contributed by atoms with E-state index in [4.69, 9.17) is 10.00 Å². The minimum atomic E-state index is 0.251. The quantitative estimate of drug-likeness (QED) is 0.669. The van der Waals surface area contributed by atoms with E-state index in [1.165, 1.54) is 11.6 Å². The predicted octanol–water partition coefficient (Wildman–Crippen LogP) is 4.10. The van der Waals surface area contributed by atoms with Crippen molar-refractivity contribution in [2.45, 2.75) is 6.42 Å². The summed E-state index contributed by atoms with van der Waals surface area (Å²) in [5.41, 5.74) is 3.59. The first-order chi connectivity index (χ1) is 11.7. The lowest BCUT2D eigenvalue weighted by molar-refractivity contribution is 0.415. The van der Waals surface area contributed by atoms with Crippen molar-refractivity contribution < 1.29 is 4.74 Å². The van der Waals surface area contributed by atoms with Gasteiger partial charge in [-0.2, -0.15) is 5.26 Å². The van der Waals surface area contributed by atoms with E-state index in [1.807, 2.05) is 24.4 Å². The molecule has 120 valence electrons. The number of hydrogen-bond acceptors (Lipinski definition) is 5. The van der Waals surface area contributed by atoms with E-state index >= 15 is 0 Å². The molecule has 6 heteroatoms. The number of hydrogen-bond donors (Lipinski definition) is 2. The molecule has 0 aliphatic heterocycles. The summed E-state index contributed by atoms with van der Waals surface area (Å²) in [4.78, 5) is 13.8. The summed E-state index contributed by atoms with van der Waals surface area (Å²) < 4.78 is 5.27. The van der Waals surface area contributed by atoms with Gasteiger partial charge >= 0.3 is 0 Å². The third-order valence-electron chi connectivity index (χ3n) is 3.91. The van der Waals surface area contributed by atoms with Gasteiger partial charge in [0.2, 0.25) is 0 Å². The Labute approximate surface area is 139 Å². The van der Waals surface area contributed by atoms with Crippen LogP contribution in [0.3, 0.4) is 0 Å². The second kappa shape index (κ2) is 6.84. The molecule has 0 aliphatic carbocycles. The smallest absolute Gasteiger partial charge is 0.119 e. The molecule has 0 unspecified atom stereocenters. The Kier molecular flexibility index (Phi) is 4.43. The molecular weight excluding hydrogens is 304 g/mol. The number of nitroso groups, excluding NO2 is 1. The molecule has 0 aliphatic rings. The number of H-pyrrole nitrogens is 1. The summed E-state index contributed by atoms with van der Waals surface area (Å²) >= 11 is 0. The first kappa shape index (κ1) is 15.6. The molecular formula is C18H16N4O2. The Bertz CT molecular complexity index is 924. The van der Waals surface area contributed by atoms with E-state index in [0.29, 0.717) is 17.8 Å². The summed E-state index contributed by atoms with van der Waals surface area (Å²) in [6, 6.07) is 12.8. The zero-order valence-corrected chi connectivity index (χ0v) is 13.2. The molecule has 0 amide bonds. The van der Waals surface area contributed by atoms with Crippen molar-refractivity contribution in [2.24, 2.45) is 5.18 Å². The van der Waals surface area contributed by atoms with Gasteiger partial charge in [0.25, 0.3) is 0 Å². The summed E-state index contributed by atoms with van der Waals surface area (Å²) in [5.74, 6) is 0.819. The number of aromatic nitrogens is 1. The van der Waals surface area contributed by atoms with Crippen LogP contribution in [0.4, 0.5) is 11.4 Å². The highest BCUT2D eigenvalue weighted by Crippen LogP contribution is 2.25. The second-order valence-corrected chi connectivity index (χ2v) is 5.34. The molecule has 0 spiro atoms. The van der Waals surface area contributed by atoms with Gasteiger partial charge in [-0.1, -0.05) is 0 Å². The van der Waals surface area contributed by atoms with Gasteiger partial charge < -0.3 is 15.0 Å². The van der Waals surface area contributed by atoms with Crippen molar-refractivity contribution in [2.75, 3.05) is 19.0 Å². The van der Waals surface area contributed by atoms with E-state index < -0.39 is 0 Å². The van der Waals surface area contributed by atoms with E-state index in [1.54, 1.807) is 19.2 Å². The van der Waals surface area contributed by atoms with Gasteiger partial charge in [-0.3, -0.25) is 0 Å². The third kappa shape index (κ3) is 3.06. The zero-order valence-electron chi connectivity index (χ0n) is 13.2. The van der Waals surface area contributed by atoms with Gasteiger partial charge in [0.15, 0.2) is 0 Å². The van der Waals surface area contributed by atoms with Crippen LogP contribution in [-0.2, 0) is 6.42 Å². The lowest BCUT2D eigenvalue weighted by Gasteiger charge is -2.08. The van der Waals surface area contributed by atoms with Gasteiger partial charge in [0.1, 0.15) is 17.5 Å². The minimum absolute atomic E-state index is 0.251. The molecule has 0 saturated carbocycles. The topological polar surface area (TPSA) is 90.3 Å². The first-order valence-corrected chi connectivity index (χ1v) is 7.50. The summed E-state index contributed by atoms with van der Waals surface area (Å²) in [6.45, 7) is 0.659. The van der Waals surface area contributed by atoms with E-state index in [-0.39, 0.29) is 5.69 Å². The number of anilines is 1. The third-order valence-corrected chi connectivity index (χ3v) is 3.91. The van der Waals surface area contributed by atoms with Gasteiger partial charge in [-0.15, -0.1) is 4.91 Å². The van der Waals surface area contributed by atoms with Crippen LogP contribution in [0, 0.1) is 16.2 Å². The lowest BCUT2D eigenvalue weighted by Crippen LogP contribution is -2.05. The van der Waals surface area contributed by atoms with E-state index in [0.717, 1.165) is 23.1 Å². The van der Waals surface area contributed by atoms with Gasteiger partial charge in [-0.05, 0) is 53.6 Å². The standard InChI is InChI=1S/C18H16N4O2/c1-24-15-3-5-18-16(9-15)12(11-21-18)6-7-20-17-4-2-14(22-23)8-13(17)10-19/h2-5,8-9,11,20-21H,6-7H2,1H3. The fraction of sp³-hybridized carbons (Fsp3) is 0.167. The fourth-order valence-electron chi connectivity index (χ4n) is 2.66. The number of rotatable bonds is 6. The van der Waals surface area contributed by atoms with Crippen LogP contribution in [0.1, 0.15) is 11.1 Å². The molecule has 0 saturated heterocycles. The molecule has 0 fully saturated rings. The largest absolute Gasteiger partial charge is 0.497 e. The molecule has 1 aromatic heterocycles. The number of aromatic amines is 1. The van der Waals surface area contributed by atoms with Crippen molar-refractivity contribution in [1.29, 1.82) is 5.26 Å². The number of nitrogens with zero attached hydrogens (tertiary/aromatic N) is 2. The van der Waals surface area contributed by atoms with Crippen molar-refractivity contribution in [3.8, 4) is 11.8 Å². The molecule has 3 rings (SSSR count). The van der Waals surface area contributed by atoms with E-state index in [9.17, 15) is 4.91 Å². The molecule has 2 aromatic carbocycles. The van der Waals surface area contributed by atoms with Crippen molar-refractivity contribution in [3.05, 3.63) is 58.6 Å². The Morgan fingerprint density at radius 3 is 2.92 bits per heavy atom. The average molecular weight is 320 g/mol. The maximum absolute atomic E-state index is 10.5. The van der Waals surface area contributed by atoms with Crippen molar-refractivity contribution in [3.63, 3.8) is 0 Å². The first-order valence-electron chi connectivity index (χ1n) is 7.50. The molecule has 3 aromatic rings. The number of nitrogens with one attached hydrogen (secondary N) is 2. The Hall–Kier alpha value is -3.33. The zero-order chi connectivity index (χ0) is 16.9. The van der Waals surface area contributed by atoms with E-state index in [2.05, 4.69) is 21.5 Å². The van der Waals surface area contributed by atoms with Crippen LogP contribution in [0.2, 0.25) is 0 Å². The molecule has 0 radical (unpaired) electrons. The molecule has 2 N–H and O–H groups in total. The number of methoxy groups -OCH3 is 1. The maximum atomic E-state index is 10.5. The number of ether oxygens (including phenoxy) is 1. The number of benzene rings is 2. The Morgan fingerprint density at radius 2 is 2.17 bits per heavy atom. The molecule has 0 atom stereocenters. The second-order valence-electron chi connectivity index (χ2n) is 5.34. The highest BCUT2D eigenvalue weighted by Gasteiger charge is 2.07. The van der Waals surface area contributed by atoms with Crippen LogP contribution >= 0.6 is 0 Å². The van der Waals surface area contributed by atoms with Crippen LogP contribution in [-0.4, -0.2) is 18.6 Å². The van der Waals surface area contributed by atoms with Crippen LogP contribution in [0.5, 0.6) is 5.75 Å². The Balaban J connectivity index is 1.73. The van der Waals surface area contributed by atoms with Crippen LogP contribution < -0.4 is 10.1 Å². The number of fused-ring (bicyclic) bond motifs is 1. The van der Waals surface area contributed by atoms with Crippen molar-refractivity contribution >= 4 is 22.3 Å². The predicted molar refractivity (Wildman–Crippen MR) is 93.7 cm³/mol. The number of nitriles is 1. The van der Waals surface area contributed by atoms with Crippen LogP contribution in [0.25, 0.3) is 10.9 Å². The molecule has 6 nitrogen and oxygen atoms in total. The summed E-state index contributed by atoms with van der Waals surface area (Å²) in [6.07, 6.45) is 2.77. The molecule has 1 heterocycles. The van der Waals surface area contributed by atoms with Gasteiger partial charge in [0, 0.05) is 23.6 Å². The normalized spacial score (nSPS) is 10.3. The highest BCUT2D eigenvalue weighted by atomic mass is 16.5. The fourth-order valence-corrected chi connectivity index (χ4v) is 2.66.